The van der Waals surface area contributed by atoms with Gasteiger partial charge in [0.1, 0.15) is 6.07 Å². The number of nitriles is 1. The van der Waals surface area contributed by atoms with Crippen LogP contribution in [0.3, 0.4) is 0 Å². The van der Waals surface area contributed by atoms with Crippen LogP contribution in [0.2, 0.25) is 0 Å². The average molecular weight is 349 g/mol. The normalized spacial score (nSPS) is 10.8. The Morgan fingerprint density at radius 3 is 2.50 bits per heavy atom. The zero-order valence-electron chi connectivity index (χ0n) is 13.4. The third-order valence-corrected chi connectivity index (χ3v) is 4.68. The molecule has 1 N–H and O–H groups in total. The Hall–Kier alpha value is -2.79. The van der Waals surface area contributed by atoms with Crippen molar-refractivity contribution in [3.05, 3.63) is 47.8 Å². The molecular weight excluding hydrogens is 333 g/mol. The van der Waals surface area contributed by atoms with Gasteiger partial charge in [0.05, 0.1) is 23.3 Å². The highest BCUT2D eigenvalue weighted by atomic mass is 32.2. The lowest BCUT2D eigenvalue weighted by Crippen LogP contribution is -2.15. The van der Waals surface area contributed by atoms with E-state index in [1.54, 1.807) is 31.1 Å². The molecule has 24 heavy (non-hydrogen) atoms. The summed E-state index contributed by atoms with van der Waals surface area (Å²) in [7, 11) is 0.835. The Balaban J connectivity index is 2.46. The summed E-state index contributed by atoms with van der Waals surface area (Å²) >= 11 is 0. The van der Waals surface area contributed by atoms with E-state index >= 15 is 0 Å². The molecule has 0 aliphatic rings. The molecule has 0 amide bonds. The molecule has 0 aliphatic carbocycles. The number of methoxy groups -OCH3 is 1. The van der Waals surface area contributed by atoms with Crippen LogP contribution in [0.25, 0.3) is 0 Å². The third kappa shape index (κ3) is 3.58. The number of hydrogen-bond acceptors (Lipinski definition) is 5. The van der Waals surface area contributed by atoms with Gasteiger partial charge in [0.2, 0.25) is 0 Å². The predicted octanol–water partition coefficient (Wildman–Crippen LogP) is 2.57. The van der Waals surface area contributed by atoms with Gasteiger partial charge in [0.15, 0.2) is 11.6 Å². The molecule has 0 bridgehead atoms. The molecule has 0 radical (unpaired) electrons. The molecule has 0 spiro atoms. The summed E-state index contributed by atoms with van der Waals surface area (Å²) in [5, 5.41) is 9.17. The largest absolute Gasteiger partial charge is 0.494 e. The van der Waals surface area contributed by atoms with Gasteiger partial charge >= 0.3 is 0 Å². The zero-order chi connectivity index (χ0) is 17.9. The van der Waals surface area contributed by atoms with Gasteiger partial charge in [0, 0.05) is 25.8 Å². The maximum atomic E-state index is 13.5. The number of benzene rings is 2. The van der Waals surface area contributed by atoms with E-state index in [1.165, 1.54) is 13.2 Å². The van der Waals surface area contributed by atoms with Crippen LogP contribution in [-0.2, 0) is 10.0 Å². The fraction of sp³-hybridized carbons (Fsp3) is 0.188. The smallest absolute Gasteiger partial charge is 0.262 e. The molecule has 2 aromatic carbocycles. The van der Waals surface area contributed by atoms with E-state index in [1.807, 2.05) is 6.07 Å². The lowest BCUT2D eigenvalue weighted by molar-refractivity contribution is 0.385. The molecule has 0 unspecified atom stereocenters. The van der Waals surface area contributed by atoms with Gasteiger partial charge in [-0.2, -0.15) is 5.26 Å². The van der Waals surface area contributed by atoms with Gasteiger partial charge in [-0.25, -0.2) is 12.8 Å². The van der Waals surface area contributed by atoms with E-state index in [-0.39, 0.29) is 21.9 Å². The van der Waals surface area contributed by atoms with Crippen molar-refractivity contribution in [2.75, 3.05) is 30.8 Å². The summed E-state index contributed by atoms with van der Waals surface area (Å²) in [6.07, 6.45) is 0. The maximum absolute atomic E-state index is 13.5. The molecule has 2 aromatic rings. The van der Waals surface area contributed by atoms with Crippen molar-refractivity contribution in [1.82, 2.24) is 0 Å². The van der Waals surface area contributed by atoms with E-state index in [0.29, 0.717) is 0 Å². The van der Waals surface area contributed by atoms with Crippen LogP contribution < -0.4 is 14.4 Å². The van der Waals surface area contributed by atoms with Crippen LogP contribution in [0, 0.1) is 17.1 Å². The van der Waals surface area contributed by atoms with Gasteiger partial charge in [-0.1, -0.05) is 0 Å². The summed E-state index contributed by atoms with van der Waals surface area (Å²) in [5.41, 5.74) is 1.05. The molecule has 0 aromatic heterocycles. The Morgan fingerprint density at radius 1 is 1.21 bits per heavy atom. The minimum Gasteiger partial charge on any atom is -0.494 e. The molecule has 0 fully saturated rings. The van der Waals surface area contributed by atoms with Crippen LogP contribution in [0.4, 0.5) is 15.8 Å². The van der Waals surface area contributed by atoms with Gasteiger partial charge in [-0.05, 0) is 30.3 Å². The first-order valence-corrected chi connectivity index (χ1v) is 8.34. The van der Waals surface area contributed by atoms with Crippen LogP contribution >= 0.6 is 0 Å². The van der Waals surface area contributed by atoms with E-state index in [2.05, 4.69) is 4.72 Å². The van der Waals surface area contributed by atoms with Crippen molar-refractivity contribution in [3.63, 3.8) is 0 Å². The van der Waals surface area contributed by atoms with Gasteiger partial charge in [-0.3, -0.25) is 4.72 Å². The maximum Gasteiger partial charge on any atom is 0.262 e. The Bertz CT molecular complexity index is 905. The van der Waals surface area contributed by atoms with Gasteiger partial charge in [-0.15, -0.1) is 0 Å². The highest BCUT2D eigenvalue weighted by molar-refractivity contribution is 7.92. The second-order valence-electron chi connectivity index (χ2n) is 5.14. The minimum atomic E-state index is -4.00. The van der Waals surface area contributed by atoms with E-state index in [0.717, 1.165) is 23.9 Å². The van der Waals surface area contributed by atoms with Crippen LogP contribution in [0.5, 0.6) is 5.75 Å². The summed E-state index contributed by atoms with van der Waals surface area (Å²) < 4.78 is 45.7. The lowest BCUT2D eigenvalue weighted by atomic mass is 10.2. The fourth-order valence-corrected chi connectivity index (χ4v) is 3.09. The highest BCUT2D eigenvalue weighted by Gasteiger charge is 2.19. The standard InChI is InChI=1S/C16H16FN3O3S/c1-20(2)12-5-4-11(10-18)15(8-12)19-24(21,22)13-6-7-14(17)16(9-13)23-3/h4-9,19H,1-3H3. The topological polar surface area (TPSA) is 82.4 Å². The quantitative estimate of drug-likeness (QED) is 0.897. The summed E-state index contributed by atoms with van der Waals surface area (Å²) in [6, 6.07) is 9.94. The number of sulfonamides is 1. The van der Waals surface area contributed by atoms with Crippen molar-refractivity contribution < 1.29 is 17.5 Å². The van der Waals surface area contributed by atoms with E-state index in [9.17, 15) is 12.8 Å². The minimum absolute atomic E-state index is 0.145. The molecule has 0 atom stereocenters. The Labute approximate surface area is 140 Å². The van der Waals surface area contributed by atoms with Gasteiger partial charge < -0.3 is 9.64 Å². The molecule has 126 valence electrons. The first-order valence-electron chi connectivity index (χ1n) is 6.86. The third-order valence-electron chi connectivity index (χ3n) is 3.32. The Kier molecular flexibility index (Phi) is 4.95. The predicted molar refractivity (Wildman–Crippen MR) is 89.2 cm³/mol. The number of rotatable bonds is 5. The van der Waals surface area contributed by atoms with Crippen molar-refractivity contribution in [2.45, 2.75) is 4.90 Å². The van der Waals surface area contributed by atoms with Crippen molar-refractivity contribution in [3.8, 4) is 11.8 Å². The number of halogens is 1. The van der Waals surface area contributed by atoms with Gasteiger partial charge in [0.25, 0.3) is 10.0 Å². The molecule has 0 saturated carbocycles. The molecule has 0 heterocycles. The lowest BCUT2D eigenvalue weighted by Gasteiger charge is -2.16. The molecular formula is C16H16FN3O3S. The van der Waals surface area contributed by atoms with Crippen LogP contribution in [0.15, 0.2) is 41.3 Å². The first-order chi connectivity index (χ1) is 11.3. The van der Waals surface area contributed by atoms with Crippen LogP contribution in [-0.4, -0.2) is 29.6 Å². The fourth-order valence-electron chi connectivity index (χ4n) is 2.00. The Morgan fingerprint density at radius 2 is 1.92 bits per heavy atom. The highest BCUT2D eigenvalue weighted by Crippen LogP contribution is 2.27. The molecule has 6 nitrogen and oxygen atoms in total. The summed E-state index contributed by atoms with van der Waals surface area (Å²) in [5.74, 6) is -0.843. The number of anilines is 2. The molecule has 2 rings (SSSR count). The monoisotopic (exact) mass is 349 g/mol. The molecule has 8 heteroatoms. The first kappa shape index (κ1) is 17.6. The molecule has 0 saturated heterocycles. The number of ether oxygens (including phenoxy) is 1. The van der Waals surface area contributed by atoms with Crippen molar-refractivity contribution in [2.24, 2.45) is 0 Å². The summed E-state index contributed by atoms with van der Waals surface area (Å²) in [6.45, 7) is 0. The number of nitrogens with one attached hydrogen (secondary N) is 1. The zero-order valence-corrected chi connectivity index (χ0v) is 14.2. The van der Waals surface area contributed by atoms with E-state index in [4.69, 9.17) is 10.00 Å². The van der Waals surface area contributed by atoms with E-state index < -0.39 is 15.8 Å². The SMILES string of the molecule is COc1cc(S(=O)(=O)Nc2cc(N(C)C)ccc2C#N)ccc1F. The second kappa shape index (κ2) is 6.76. The van der Waals surface area contributed by atoms with Crippen LogP contribution in [0.1, 0.15) is 5.56 Å². The number of nitrogens with zero attached hydrogens (tertiary/aromatic N) is 2. The van der Waals surface area contributed by atoms with Crippen molar-refractivity contribution in [1.29, 1.82) is 5.26 Å². The summed E-state index contributed by atoms with van der Waals surface area (Å²) in [4.78, 5) is 1.61. The molecule has 0 aliphatic heterocycles. The average Bonchev–Trinajstić information content (AvgIpc) is 2.54. The number of hydrogen-bond donors (Lipinski definition) is 1. The second-order valence-corrected chi connectivity index (χ2v) is 6.82. The van der Waals surface area contributed by atoms with Crippen molar-refractivity contribution >= 4 is 21.4 Å².